The van der Waals surface area contributed by atoms with E-state index in [4.69, 9.17) is 16.3 Å². The number of imidazole rings is 1. The van der Waals surface area contributed by atoms with Crippen LogP contribution in [-0.2, 0) is 4.74 Å². The predicted octanol–water partition coefficient (Wildman–Crippen LogP) is 8.99. The molecule has 218 valence electrons. The van der Waals surface area contributed by atoms with Crippen molar-refractivity contribution in [2.24, 2.45) is 0 Å². The number of ketones is 1. The maximum absolute atomic E-state index is 13.0. The Hall–Kier alpha value is -3.56. The van der Waals surface area contributed by atoms with Crippen LogP contribution >= 0.6 is 11.6 Å². The molecular formula is C34H42ClN3O3. The fourth-order valence-corrected chi connectivity index (χ4v) is 4.51. The minimum absolute atomic E-state index is 0.187. The number of aromatic nitrogens is 2. The molecule has 6 nitrogen and oxygen atoms in total. The fraction of sp³-hybridized carbons (Fsp3) is 0.441. The van der Waals surface area contributed by atoms with E-state index in [2.05, 4.69) is 21.8 Å². The van der Waals surface area contributed by atoms with Gasteiger partial charge in [0.1, 0.15) is 5.60 Å². The smallest absolute Gasteiger partial charge is 0.414 e. The highest BCUT2D eigenvalue weighted by Crippen LogP contribution is 2.21. The quantitative estimate of drug-likeness (QED) is 0.118. The topological polar surface area (TPSA) is 75.3 Å². The van der Waals surface area contributed by atoms with Gasteiger partial charge in [-0.2, -0.15) is 0 Å². The lowest BCUT2D eigenvalue weighted by molar-refractivity contribution is 0.0579. The van der Waals surface area contributed by atoms with Crippen molar-refractivity contribution in [2.45, 2.75) is 90.6 Å². The summed E-state index contributed by atoms with van der Waals surface area (Å²) in [5, 5.41) is 0.737. The zero-order valence-corrected chi connectivity index (χ0v) is 25.3. The number of hydrogen-bond acceptors (Lipinski definition) is 4. The molecular weight excluding hydrogens is 534 g/mol. The minimum Gasteiger partial charge on any atom is -0.443 e. The van der Waals surface area contributed by atoms with Gasteiger partial charge < -0.3 is 9.72 Å². The molecule has 0 spiro atoms. The third-order valence-electron chi connectivity index (χ3n) is 6.53. The lowest BCUT2D eigenvalue weighted by atomic mass is 10.1. The van der Waals surface area contributed by atoms with Crippen molar-refractivity contribution in [3.05, 3.63) is 82.9 Å². The summed E-state index contributed by atoms with van der Waals surface area (Å²) in [7, 11) is 0. The Morgan fingerprint density at radius 2 is 1.49 bits per heavy atom. The Balaban J connectivity index is 1.34. The molecule has 1 N–H and O–H groups in total. The molecule has 1 amide bonds. The van der Waals surface area contributed by atoms with Crippen LogP contribution in [0.5, 0.6) is 0 Å². The van der Waals surface area contributed by atoms with E-state index in [9.17, 15) is 9.59 Å². The monoisotopic (exact) mass is 575 g/mol. The lowest BCUT2D eigenvalue weighted by Crippen LogP contribution is -2.37. The van der Waals surface area contributed by atoms with E-state index in [0.717, 1.165) is 42.7 Å². The fourth-order valence-electron chi connectivity index (χ4n) is 4.38. The first kappa shape index (κ1) is 32.0. The first-order valence-corrected chi connectivity index (χ1v) is 15.0. The van der Waals surface area contributed by atoms with E-state index in [1.54, 1.807) is 41.6 Å². The molecule has 0 unspecified atom stereocenters. The summed E-state index contributed by atoms with van der Waals surface area (Å²) >= 11 is 5.90. The number of H-pyrrole nitrogens is 1. The maximum atomic E-state index is 13.0. The number of carbonyl (C=O) groups excluding carboxylic acids is 2. The Kier molecular flexibility index (Phi) is 13.0. The molecule has 0 aliphatic heterocycles. The maximum Gasteiger partial charge on any atom is 0.414 e. The number of nitrogens with one attached hydrogen (secondary N) is 1. The van der Waals surface area contributed by atoms with Gasteiger partial charge in [0.15, 0.2) is 5.82 Å². The van der Waals surface area contributed by atoms with Crippen LogP contribution in [-0.4, -0.2) is 34.0 Å². The molecule has 2 aromatic carbocycles. The number of nitrogens with zero attached hydrogens (tertiary/aromatic N) is 2. The number of ether oxygens (including phenoxy) is 1. The molecule has 0 radical (unpaired) electrons. The van der Waals surface area contributed by atoms with Gasteiger partial charge in [-0.15, -0.1) is 0 Å². The number of rotatable bonds is 14. The van der Waals surface area contributed by atoms with Crippen molar-refractivity contribution < 1.29 is 14.3 Å². The second-order valence-corrected chi connectivity index (χ2v) is 11.6. The third-order valence-corrected chi connectivity index (χ3v) is 6.78. The van der Waals surface area contributed by atoms with Crippen LogP contribution in [0.25, 0.3) is 0 Å². The molecule has 0 atom stereocenters. The molecule has 3 rings (SSSR count). The van der Waals surface area contributed by atoms with Crippen LogP contribution in [0.15, 0.2) is 60.9 Å². The largest absolute Gasteiger partial charge is 0.443 e. The van der Waals surface area contributed by atoms with Crippen LogP contribution in [0.2, 0.25) is 5.02 Å². The Labute approximate surface area is 249 Å². The molecule has 7 heteroatoms. The average Bonchev–Trinajstić information content (AvgIpc) is 3.48. The lowest BCUT2D eigenvalue weighted by Gasteiger charge is -2.27. The highest BCUT2D eigenvalue weighted by molar-refractivity contribution is 6.30. The van der Waals surface area contributed by atoms with Crippen LogP contribution in [0, 0.1) is 11.8 Å². The Morgan fingerprint density at radius 3 is 2.07 bits per heavy atom. The first-order valence-electron chi connectivity index (χ1n) is 14.6. The highest BCUT2D eigenvalue weighted by Gasteiger charge is 2.23. The van der Waals surface area contributed by atoms with Gasteiger partial charge in [0.2, 0.25) is 5.78 Å². The Morgan fingerprint density at radius 1 is 0.878 bits per heavy atom. The van der Waals surface area contributed by atoms with Crippen LogP contribution in [0.4, 0.5) is 10.5 Å². The number of amides is 1. The number of halogens is 1. The van der Waals surface area contributed by atoms with Crippen molar-refractivity contribution in [2.75, 3.05) is 11.4 Å². The predicted molar refractivity (Wildman–Crippen MR) is 167 cm³/mol. The summed E-state index contributed by atoms with van der Waals surface area (Å²) < 4.78 is 5.67. The summed E-state index contributed by atoms with van der Waals surface area (Å²) in [6.07, 6.45) is 14.1. The van der Waals surface area contributed by atoms with Crippen LogP contribution in [0.3, 0.4) is 0 Å². The number of hydrogen-bond donors (Lipinski definition) is 1. The average molecular weight is 576 g/mol. The molecule has 3 aromatic rings. The van der Waals surface area contributed by atoms with E-state index in [0.29, 0.717) is 23.6 Å². The summed E-state index contributed by atoms with van der Waals surface area (Å²) in [6, 6.07) is 14.7. The number of benzene rings is 2. The Bertz CT molecular complexity index is 1270. The van der Waals surface area contributed by atoms with Gasteiger partial charge in [-0.3, -0.25) is 9.69 Å². The van der Waals surface area contributed by atoms with Crippen molar-refractivity contribution in [3.63, 3.8) is 0 Å². The zero-order valence-electron chi connectivity index (χ0n) is 24.5. The summed E-state index contributed by atoms with van der Waals surface area (Å²) in [5.41, 5.74) is 1.65. The molecule has 0 saturated carbocycles. The summed E-state index contributed by atoms with van der Waals surface area (Å²) in [5.74, 6) is 6.55. The van der Waals surface area contributed by atoms with E-state index in [-0.39, 0.29) is 11.9 Å². The number of anilines is 1. The van der Waals surface area contributed by atoms with Crippen molar-refractivity contribution >= 4 is 29.2 Å². The van der Waals surface area contributed by atoms with Gasteiger partial charge in [0.05, 0.1) is 0 Å². The van der Waals surface area contributed by atoms with Gasteiger partial charge in [0.25, 0.3) is 0 Å². The molecule has 0 fully saturated rings. The molecule has 1 heterocycles. The van der Waals surface area contributed by atoms with Gasteiger partial charge in [-0.05, 0) is 82.1 Å². The number of aromatic amines is 1. The highest BCUT2D eigenvalue weighted by atomic mass is 35.5. The second-order valence-electron chi connectivity index (χ2n) is 11.2. The molecule has 0 saturated heterocycles. The van der Waals surface area contributed by atoms with Gasteiger partial charge >= 0.3 is 6.09 Å². The van der Waals surface area contributed by atoms with Crippen LogP contribution < -0.4 is 4.90 Å². The summed E-state index contributed by atoms with van der Waals surface area (Å²) in [4.78, 5) is 34.1. The van der Waals surface area contributed by atoms with Crippen molar-refractivity contribution in [3.8, 4) is 11.8 Å². The SMILES string of the molecule is CC(C)(C)OC(=O)N(CCCCCCCCCCCC#Cc1ccc(Cl)cc1)c1ccc(C(=O)c2ncc[nH]2)cc1. The van der Waals surface area contributed by atoms with E-state index >= 15 is 0 Å². The van der Waals surface area contributed by atoms with Crippen molar-refractivity contribution in [1.29, 1.82) is 0 Å². The standard InChI is InChI=1S/C34H42ClN3O3/c1-34(2,3)41-33(40)38(30-22-18-28(19-23-30)31(39)32-36-24-25-37-32)26-14-12-10-8-6-4-5-7-9-11-13-15-27-16-20-29(35)21-17-27/h16-25H,4-12,14,26H2,1-3H3,(H,36,37). The second kappa shape index (κ2) is 16.6. The van der Waals surface area contributed by atoms with Gasteiger partial charge in [0, 0.05) is 47.2 Å². The number of unbranched alkanes of at least 4 members (excludes halogenated alkanes) is 9. The van der Waals surface area contributed by atoms with E-state index in [1.807, 2.05) is 45.0 Å². The van der Waals surface area contributed by atoms with Gasteiger partial charge in [-0.1, -0.05) is 68.4 Å². The first-order chi connectivity index (χ1) is 19.7. The minimum atomic E-state index is -0.589. The normalized spacial score (nSPS) is 11.0. The van der Waals surface area contributed by atoms with Crippen LogP contribution in [0.1, 0.15) is 107 Å². The third kappa shape index (κ3) is 11.8. The molecule has 41 heavy (non-hydrogen) atoms. The van der Waals surface area contributed by atoms with Crippen molar-refractivity contribution in [1.82, 2.24) is 9.97 Å². The van der Waals surface area contributed by atoms with Gasteiger partial charge in [-0.25, -0.2) is 9.78 Å². The zero-order chi connectivity index (χ0) is 29.5. The summed E-state index contributed by atoms with van der Waals surface area (Å²) in [6.45, 7) is 6.16. The van der Waals surface area contributed by atoms with E-state index < -0.39 is 5.60 Å². The molecule has 0 aliphatic carbocycles. The number of carbonyl (C=O) groups is 2. The van der Waals surface area contributed by atoms with E-state index in [1.165, 1.54) is 32.1 Å². The molecule has 1 aromatic heterocycles. The molecule has 0 aliphatic rings. The molecule has 0 bridgehead atoms.